The second kappa shape index (κ2) is 16.8. The van der Waals surface area contributed by atoms with E-state index in [1.165, 1.54) is 17.0 Å². The van der Waals surface area contributed by atoms with Gasteiger partial charge in [0.1, 0.15) is 34.9 Å². The first-order valence-corrected chi connectivity index (χ1v) is 14.8. The lowest BCUT2D eigenvalue weighted by atomic mass is 10.0. The van der Waals surface area contributed by atoms with E-state index in [1.807, 2.05) is 27.7 Å². The van der Waals surface area contributed by atoms with Crippen LogP contribution >= 0.6 is 0 Å². The number of nitrogens with zero attached hydrogens (tertiary/aromatic N) is 2. The van der Waals surface area contributed by atoms with Gasteiger partial charge >= 0.3 is 5.97 Å². The van der Waals surface area contributed by atoms with Gasteiger partial charge in [0.2, 0.25) is 0 Å². The van der Waals surface area contributed by atoms with Crippen LogP contribution in [0.3, 0.4) is 0 Å². The number of rotatable bonds is 9. The van der Waals surface area contributed by atoms with Crippen LogP contribution in [0.5, 0.6) is 0 Å². The molecule has 242 valence electrons. The highest BCUT2D eigenvalue weighted by atomic mass is 19.1. The maximum absolute atomic E-state index is 15.6. The van der Waals surface area contributed by atoms with Crippen LogP contribution in [0.4, 0.5) is 19.0 Å². The van der Waals surface area contributed by atoms with Crippen LogP contribution in [0.2, 0.25) is 0 Å². The number of carbonyl (C=O) groups excluding carboxylic acids is 2. The molecule has 1 N–H and O–H groups in total. The molecule has 3 rings (SSSR count). The number of anilines is 1. The smallest absolute Gasteiger partial charge is 0.323 e. The van der Waals surface area contributed by atoms with Crippen molar-refractivity contribution in [2.24, 2.45) is 0 Å². The van der Waals surface area contributed by atoms with E-state index >= 15 is 4.39 Å². The van der Waals surface area contributed by atoms with E-state index < -0.39 is 46.4 Å². The molecular weight excluding hydrogens is 571 g/mol. The molecule has 0 amide bonds. The molecule has 0 fully saturated rings. The maximum atomic E-state index is 15.6. The molecule has 7 nitrogen and oxygen atoms in total. The molecule has 0 aliphatic rings. The summed E-state index contributed by atoms with van der Waals surface area (Å²) in [6, 6.07) is 7.41. The van der Waals surface area contributed by atoms with Gasteiger partial charge in [0.25, 0.3) is 5.56 Å². The average Bonchev–Trinajstić information content (AvgIpc) is 2.94. The predicted molar refractivity (Wildman–Crippen MR) is 171 cm³/mol. The number of nitrogens with one attached hydrogen (secondary N) is 1. The zero-order valence-corrected chi connectivity index (χ0v) is 27.7. The third-order valence-corrected chi connectivity index (χ3v) is 6.07. The summed E-state index contributed by atoms with van der Waals surface area (Å²) in [7, 11) is 3.14. The molecule has 3 aromatic rings. The van der Waals surface area contributed by atoms with Gasteiger partial charge in [-0.3, -0.25) is 19.0 Å². The molecule has 10 heteroatoms. The number of ether oxygens (including phenoxy) is 1. The summed E-state index contributed by atoms with van der Waals surface area (Å²) in [6.45, 7) is 17.0. The van der Waals surface area contributed by atoms with Gasteiger partial charge in [-0.1, -0.05) is 33.8 Å². The van der Waals surface area contributed by atoms with Gasteiger partial charge in [0.05, 0.1) is 16.8 Å². The van der Waals surface area contributed by atoms with Crippen molar-refractivity contribution in [1.29, 1.82) is 0 Å². The Balaban J connectivity index is 0.00000232. The molecule has 0 bridgehead atoms. The van der Waals surface area contributed by atoms with Gasteiger partial charge in [0, 0.05) is 26.2 Å². The van der Waals surface area contributed by atoms with Crippen LogP contribution in [-0.4, -0.2) is 48.6 Å². The highest BCUT2D eigenvalue weighted by molar-refractivity contribution is 6.12. The summed E-state index contributed by atoms with van der Waals surface area (Å²) in [5.41, 5.74) is -0.639. The summed E-state index contributed by atoms with van der Waals surface area (Å²) < 4.78 is 49.9. The Kier molecular flexibility index (Phi) is 14.5. The van der Waals surface area contributed by atoms with E-state index in [0.717, 1.165) is 22.8 Å². The quantitative estimate of drug-likeness (QED) is 0.211. The lowest BCUT2D eigenvalue weighted by molar-refractivity contribution is -0.156. The van der Waals surface area contributed by atoms with E-state index in [2.05, 4.69) is 5.32 Å². The number of hydrogen-bond donors (Lipinski definition) is 1. The molecule has 0 unspecified atom stereocenters. The van der Waals surface area contributed by atoms with E-state index in [9.17, 15) is 23.2 Å². The van der Waals surface area contributed by atoms with Crippen LogP contribution in [0.25, 0.3) is 5.69 Å². The van der Waals surface area contributed by atoms with Crippen molar-refractivity contribution in [3.05, 3.63) is 92.5 Å². The second-order valence-electron chi connectivity index (χ2n) is 10.8. The van der Waals surface area contributed by atoms with Crippen molar-refractivity contribution < 1.29 is 27.5 Å². The monoisotopic (exact) mass is 617 g/mol. The third kappa shape index (κ3) is 9.80. The highest BCUT2D eigenvalue weighted by Gasteiger charge is 2.25. The zero-order chi connectivity index (χ0) is 33.9. The fourth-order valence-electron chi connectivity index (χ4n) is 4.32. The normalized spacial score (nSPS) is 11.4. The Morgan fingerprint density at radius 1 is 0.932 bits per heavy atom. The first-order valence-electron chi connectivity index (χ1n) is 14.8. The van der Waals surface area contributed by atoms with Gasteiger partial charge in [-0.05, 0) is 83.0 Å². The third-order valence-electron chi connectivity index (χ3n) is 6.07. The summed E-state index contributed by atoms with van der Waals surface area (Å²) in [6.07, 6.45) is 0.392. The molecular formula is C34H46F3N3O4. The maximum Gasteiger partial charge on any atom is 0.323 e. The van der Waals surface area contributed by atoms with Crippen molar-refractivity contribution in [1.82, 2.24) is 9.88 Å². The van der Waals surface area contributed by atoms with Crippen molar-refractivity contribution in [2.45, 2.75) is 80.4 Å². The van der Waals surface area contributed by atoms with Crippen molar-refractivity contribution in [2.75, 3.05) is 25.5 Å². The molecule has 1 aromatic heterocycles. The number of benzene rings is 2. The average molecular weight is 618 g/mol. The molecule has 1 atom stereocenters. The van der Waals surface area contributed by atoms with Crippen LogP contribution in [0.15, 0.2) is 47.3 Å². The minimum absolute atomic E-state index is 0.0452. The molecule has 0 aliphatic heterocycles. The number of carbonyl (C=O) groups is 2. The fraction of sp³-hybridized carbons (Fsp3) is 0.441. The number of halogens is 3. The van der Waals surface area contributed by atoms with Crippen LogP contribution in [-0.2, 0) is 16.0 Å². The Bertz CT molecular complexity index is 1470. The van der Waals surface area contributed by atoms with Gasteiger partial charge in [-0.15, -0.1) is 0 Å². The lowest BCUT2D eigenvalue weighted by Crippen LogP contribution is -2.40. The molecule has 0 spiro atoms. The second-order valence-corrected chi connectivity index (χ2v) is 10.8. The van der Waals surface area contributed by atoms with E-state index in [-0.39, 0.29) is 22.6 Å². The highest BCUT2D eigenvalue weighted by Crippen LogP contribution is 2.28. The van der Waals surface area contributed by atoms with Crippen LogP contribution < -0.4 is 15.8 Å². The number of hydrogen-bond acceptors (Lipinski definition) is 6. The van der Waals surface area contributed by atoms with Crippen molar-refractivity contribution in [3.63, 3.8) is 0 Å². The molecule has 0 saturated carbocycles. The molecule has 0 saturated heterocycles. The van der Waals surface area contributed by atoms with Crippen LogP contribution in [0.1, 0.15) is 82.4 Å². The van der Waals surface area contributed by atoms with Gasteiger partial charge in [0.15, 0.2) is 5.78 Å². The summed E-state index contributed by atoms with van der Waals surface area (Å²) >= 11 is 0. The predicted octanol–water partition coefficient (Wildman–Crippen LogP) is 6.77. The summed E-state index contributed by atoms with van der Waals surface area (Å²) in [5.74, 6) is -3.71. The Hall–Kier alpha value is -3.92. The molecule has 2 aromatic carbocycles. The number of aryl methyl sites for hydroxylation is 1. The van der Waals surface area contributed by atoms with Crippen molar-refractivity contribution in [3.8, 4) is 5.69 Å². The molecule has 0 aliphatic carbocycles. The number of pyridine rings is 1. The lowest BCUT2D eigenvalue weighted by Gasteiger charge is -2.24. The largest absolute Gasteiger partial charge is 0.459 e. The molecule has 0 radical (unpaired) electrons. The van der Waals surface area contributed by atoms with Gasteiger partial charge < -0.3 is 15.0 Å². The van der Waals surface area contributed by atoms with E-state index in [0.29, 0.717) is 30.2 Å². The first kappa shape index (κ1) is 38.1. The Labute approximate surface area is 259 Å². The van der Waals surface area contributed by atoms with Crippen LogP contribution in [0, 0.1) is 24.4 Å². The SMILES string of the molecule is CC.CC.Cc1cc(CCN[C@@H](C)C(=O)OC(C)(C)C)cc(F)c1-n1c(N(C)C)c(C(=O)c2ccc(F)cc2F)ccc1=O. The Morgan fingerprint density at radius 3 is 2.05 bits per heavy atom. The van der Waals surface area contributed by atoms with E-state index in [4.69, 9.17) is 4.74 Å². The number of ketones is 1. The fourth-order valence-corrected chi connectivity index (χ4v) is 4.32. The topological polar surface area (TPSA) is 80.6 Å². The summed E-state index contributed by atoms with van der Waals surface area (Å²) in [5, 5.41) is 3.06. The number of aromatic nitrogens is 1. The minimum Gasteiger partial charge on any atom is -0.459 e. The summed E-state index contributed by atoms with van der Waals surface area (Å²) in [4.78, 5) is 40.0. The van der Waals surface area contributed by atoms with E-state index in [1.54, 1.807) is 54.8 Å². The van der Waals surface area contributed by atoms with Gasteiger partial charge in [-0.25, -0.2) is 13.2 Å². The minimum atomic E-state index is -1.05. The van der Waals surface area contributed by atoms with Gasteiger partial charge in [-0.2, -0.15) is 0 Å². The first-order chi connectivity index (χ1) is 20.6. The zero-order valence-electron chi connectivity index (χ0n) is 27.7. The molecule has 1 heterocycles. The standard InChI is InChI=1S/C30H34F3N3O4.2C2H6/c1-17-14-19(12-13-34-18(2)29(39)40-30(3,4)5)15-24(33)26(17)36-25(37)11-10-22(28(36)35(6)7)27(38)21-9-8-20(31)16-23(21)32;2*1-2/h8-11,14-16,18,34H,12-13H2,1-7H3;2*1-2H3/t18-;;/m0../s1. The molecule has 44 heavy (non-hydrogen) atoms. The Morgan fingerprint density at radius 2 is 1.52 bits per heavy atom. The van der Waals surface area contributed by atoms with Crippen molar-refractivity contribution >= 4 is 17.6 Å². The number of esters is 1.